The number of hydrogen-bond acceptors (Lipinski definition) is 4. The number of nitro benzene ring substituents is 1. The van der Waals surface area contributed by atoms with E-state index in [0.29, 0.717) is 17.5 Å². The summed E-state index contributed by atoms with van der Waals surface area (Å²) in [5, 5.41) is 14.5. The zero-order valence-electron chi connectivity index (χ0n) is 11.1. The molecule has 100 valence electrons. The van der Waals surface area contributed by atoms with Crippen LogP contribution in [0.4, 0.5) is 11.4 Å². The first-order chi connectivity index (χ1) is 8.58. The van der Waals surface area contributed by atoms with Crippen LogP contribution in [0.5, 0.6) is 0 Å². The molecule has 1 rings (SSSR count). The van der Waals surface area contributed by atoms with Gasteiger partial charge >= 0.3 is 0 Å². The van der Waals surface area contributed by atoms with Gasteiger partial charge in [0.25, 0.3) is 5.69 Å². The topological polar surface area (TPSA) is 55.2 Å². The lowest BCUT2D eigenvalue weighted by molar-refractivity contribution is -0.384. The second-order valence-electron chi connectivity index (χ2n) is 4.17. The lowest BCUT2D eigenvalue weighted by atomic mass is 10.2. The standard InChI is InChI=1S/C13H20N2O2S/c1-4-10(3)18-9-11-6-7-13(15(16)17)12(8-11)14-5-2/h6-8,10,14H,4-5,9H2,1-3H3. The van der Waals surface area contributed by atoms with Crippen molar-refractivity contribution in [1.82, 2.24) is 0 Å². The van der Waals surface area contributed by atoms with Gasteiger partial charge in [0.15, 0.2) is 0 Å². The number of nitrogens with zero attached hydrogens (tertiary/aromatic N) is 1. The van der Waals surface area contributed by atoms with Crippen LogP contribution in [0.2, 0.25) is 0 Å². The quantitative estimate of drug-likeness (QED) is 0.598. The zero-order chi connectivity index (χ0) is 13.5. The van der Waals surface area contributed by atoms with Crippen molar-refractivity contribution in [1.29, 1.82) is 0 Å². The first-order valence-electron chi connectivity index (χ1n) is 6.21. The summed E-state index contributed by atoms with van der Waals surface area (Å²) in [7, 11) is 0. The van der Waals surface area contributed by atoms with E-state index in [-0.39, 0.29) is 10.6 Å². The summed E-state index contributed by atoms with van der Waals surface area (Å²) in [6.07, 6.45) is 1.14. The van der Waals surface area contributed by atoms with Crippen molar-refractivity contribution in [2.75, 3.05) is 11.9 Å². The summed E-state index contributed by atoms with van der Waals surface area (Å²) in [5.41, 5.74) is 1.89. The van der Waals surface area contributed by atoms with Gasteiger partial charge in [-0.15, -0.1) is 0 Å². The molecule has 1 unspecified atom stereocenters. The lowest BCUT2D eigenvalue weighted by Gasteiger charge is -2.10. The first-order valence-corrected chi connectivity index (χ1v) is 7.26. The molecule has 1 aromatic rings. The SMILES string of the molecule is CCNc1cc(CSC(C)CC)ccc1[N+](=O)[O-]. The predicted molar refractivity (Wildman–Crippen MR) is 78.3 cm³/mol. The smallest absolute Gasteiger partial charge is 0.292 e. The Hall–Kier alpha value is -1.23. The predicted octanol–water partition coefficient (Wildman–Crippen LogP) is 4.06. The van der Waals surface area contributed by atoms with Gasteiger partial charge in [0.1, 0.15) is 5.69 Å². The molecule has 0 radical (unpaired) electrons. The van der Waals surface area contributed by atoms with Gasteiger partial charge in [0.2, 0.25) is 0 Å². The van der Waals surface area contributed by atoms with Crippen molar-refractivity contribution >= 4 is 23.1 Å². The third-order valence-electron chi connectivity index (χ3n) is 2.73. The number of nitrogens with one attached hydrogen (secondary N) is 1. The molecule has 0 amide bonds. The molecule has 1 aromatic carbocycles. The molecule has 0 fully saturated rings. The summed E-state index contributed by atoms with van der Waals surface area (Å²) >= 11 is 1.87. The molecule has 5 heteroatoms. The third kappa shape index (κ3) is 4.22. The molecule has 0 aromatic heterocycles. The van der Waals surface area contributed by atoms with E-state index in [1.54, 1.807) is 6.07 Å². The van der Waals surface area contributed by atoms with Crippen molar-refractivity contribution < 1.29 is 4.92 Å². The molecular weight excluding hydrogens is 248 g/mol. The van der Waals surface area contributed by atoms with Crippen LogP contribution in [0.15, 0.2) is 18.2 Å². The summed E-state index contributed by atoms with van der Waals surface area (Å²) < 4.78 is 0. The van der Waals surface area contributed by atoms with Gasteiger partial charge in [0.05, 0.1) is 4.92 Å². The van der Waals surface area contributed by atoms with Gasteiger partial charge < -0.3 is 5.32 Å². The van der Waals surface area contributed by atoms with Gasteiger partial charge in [-0.2, -0.15) is 11.8 Å². The molecule has 0 saturated carbocycles. The second-order valence-corrected chi connectivity index (χ2v) is 5.60. The van der Waals surface area contributed by atoms with Gasteiger partial charge in [0, 0.05) is 23.6 Å². The molecule has 0 heterocycles. The first kappa shape index (κ1) is 14.8. The van der Waals surface area contributed by atoms with E-state index in [2.05, 4.69) is 19.2 Å². The summed E-state index contributed by atoms with van der Waals surface area (Å²) in [6.45, 7) is 6.98. The normalized spacial score (nSPS) is 12.2. The van der Waals surface area contributed by atoms with Crippen molar-refractivity contribution in [3.05, 3.63) is 33.9 Å². The van der Waals surface area contributed by atoms with Gasteiger partial charge in [-0.05, 0) is 25.0 Å². The Kier molecular flexibility index (Phi) is 5.98. The third-order valence-corrected chi connectivity index (χ3v) is 4.14. The highest BCUT2D eigenvalue weighted by Crippen LogP contribution is 2.28. The summed E-state index contributed by atoms with van der Waals surface area (Å²) in [5.74, 6) is 0.894. The number of anilines is 1. The number of benzene rings is 1. The number of thioether (sulfide) groups is 1. The fourth-order valence-electron chi connectivity index (χ4n) is 1.52. The minimum absolute atomic E-state index is 0.147. The van der Waals surface area contributed by atoms with Crippen LogP contribution in [-0.4, -0.2) is 16.7 Å². The van der Waals surface area contributed by atoms with E-state index in [0.717, 1.165) is 17.7 Å². The van der Waals surface area contributed by atoms with Crippen LogP contribution < -0.4 is 5.32 Å². The fraction of sp³-hybridized carbons (Fsp3) is 0.538. The average Bonchev–Trinajstić information content (AvgIpc) is 2.36. The molecule has 4 nitrogen and oxygen atoms in total. The van der Waals surface area contributed by atoms with E-state index in [1.807, 2.05) is 30.8 Å². The van der Waals surface area contributed by atoms with Gasteiger partial charge in [-0.3, -0.25) is 10.1 Å². The van der Waals surface area contributed by atoms with Crippen LogP contribution in [0.25, 0.3) is 0 Å². The lowest BCUT2D eigenvalue weighted by Crippen LogP contribution is -2.02. The van der Waals surface area contributed by atoms with Crippen molar-refractivity contribution in [3.8, 4) is 0 Å². The highest BCUT2D eigenvalue weighted by atomic mass is 32.2. The molecule has 1 N–H and O–H groups in total. The minimum Gasteiger partial charge on any atom is -0.380 e. The van der Waals surface area contributed by atoms with Gasteiger partial charge in [-0.1, -0.05) is 19.9 Å². The Balaban J connectivity index is 2.82. The van der Waals surface area contributed by atoms with E-state index in [1.165, 1.54) is 0 Å². The average molecular weight is 268 g/mol. The Bertz CT molecular complexity index is 410. The van der Waals surface area contributed by atoms with E-state index in [9.17, 15) is 10.1 Å². The monoisotopic (exact) mass is 268 g/mol. The molecule has 0 aliphatic carbocycles. The number of rotatable bonds is 7. The minimum atomic E-state index is -0.344. The Morgan fingerprint density at radius 1 is 1.44 bits per heavy atom. The van der Waals surface area contributed by atoms with Crippen LogP contribution >= 0.6 is 11.8 Å². The van der Waals surface area contributed by atoms with Crippen LogP contribution in [-0.2, 0) is 5.75 Å². The van der Waals surface area contributed by atoms with E-state index in [4.69, 9.17) is 0 Å². The molecular formula is C13H20N2O2S. The fourth-order valence-corrected chi connectivity index (χ4v) is 2.41. The molecule has 0 aliphatic rings. The summed E-state index contributed by atoms with van der Waals surface area (Å²) in [6, 6.07) is 5.32. The van der Waals surface area contributed by atoms with Crippen LogP contribution in [0.1, 0.15) is 32.8 Å². The zero-order valence-corrected chi connectivity index (χ0v) is 11.9. The van der Waals surface area contributed by atoms with Crippen molar-refractivity contribution in [2.24, 2.45) is 0 Å². The molecule has 0 aliphatic heterocycles. The van der Waals surface area contributed by atoms with E-state index < -0.39 is 0 Å². The van der Waals surface area contributed by atoms with Crippen LogP contribution in [0, 0.1) is 10.1 Å². The summed E-state index contributed by atoms with van der Waals surface area (Å²) in [4.78, 5) is 10.5. The molecule has 0 saturated heterocycles. The number of hydrogen-bond donors (Lipinski definition) is 1. The molecule has 1 atom stereocenters. The highest BCUT2D eigenvalue weighted by molar-refractivity contribution is 7.99. The number of nitro groups is 1. The largest absolute Gasteiger partial charge is 0.380 e. The van der Waals surface area contributed by atoms with E-state index >= 15 is 0 Å². The second kappa shape index (κ2) is 7.26. The maximum atomic E-state index is 10.9. The van der Waals surface area contributed by atoms with Crippen LogP contribution in [0.3, 0.4) is 0 Å². The molecule has 18 heavy (non-hydrogen) atoms. The molecule has 0 bridgehead atoms. The Labute approximate surface area is 112 Å². The highest BCUT2D eigenvalue weighted by Gasteiger charge is 2.13. The Morgan fingerprint density at radius 2 is 2.17 bits per heavy atom. The van der Waals surface area contributed by atoms with Crippen molar-refractivity contribution in [2.45, 2.75) is 38.2 Å². The maximum absolute atomic E-state index is 10.9. The maximum Gasteiger partial charge on any atom is 0.292 e. The van der Waals surface area contributed by atoms with Gasteiger partial charge in [-0.25, -0.2) is 0 Å². The molecule has 0 spiro atoms. The van der Waals surface area contributed by atoms with Crippen molar-refractivity contribution in [3.63, 3.8) is 0 Å². The Morgan fingerprint density at radius 3 is 2.72 bits per heavy atom.